The second kappa shape index (κ2) is 13.3. The molecule has 0 aliphatic heterocycles. The summed E-state index contributed by atoms with van der Waals surface area (Å²) in [5, 5.41) is 3.62. The van der Waals surface area contributed by atoms with Gasteiger partial charge in [0, 0.05) is 0 Å². The molecule has 0 saturated heterocycles. The summed E-state index contributed by atoms with van der Waals surface area (Å²) in [6.07, 6.45) is 5.52. The van der Waals surface area contributed by atoms with Crippen LogP contribution in [0, 0.1) is 13.8 Å². The van der Waals surface area contributed by atoms with Crippen LogP contribution in [0.3, 0.4) is 0 Å². The number of oxime groups is 1. The number of allylic oxidation sites excluding steroid dienone is 1. The Bertz CT molecular complexity index is 792. The Kier molecular flexibility index (Phi) is 10.3. The summed E-state index contributed by atoms with van der Waals surface area (Å²) in [6, 6.07) is 11.8. The zero-order valence-electron chi connectivity index (χ0n) is 18.2. The van der Waals surface area contributed by atoms with Crippen molar-refractivity contribution >= 4 is 6.21 Å². The quantitative estimate of drug-likeness (QED) is 0.203. The lowest BCUT2D eigenvalue weighted by atomic mass is 10.1. The van der Waals surface area contributed by atoms with Gasteiger partial charge in [0.05, 0.1) is 19.4 Å². The van der Waals surface area contributed by atoms with E-state index >= 15 is 0 Å². The summed E-state index contributed by atoms with van der Waals surface area (Å²) in [4.78, 5) is 4.58. The van der Waals surface area contributed by atoms with Gasteiger partial charge in [-0.2, -0.15) is 0 Å². The molecule has 0 aliphatic rings. The summed E-state index contributed by atoms with van der Waals surface area (Å²) in [6.45, 7) is 8.42. The topological polar surface area (TPSA) is 58.5 Å². The van der Waals surface area contributed by atoms with Crippen molar-refractivity contribution in [3.8, 4) is 17.2 Å². The first-order chi connectivity index (χ1) is 14.6. The van der Waals surface area contributed by atoms with E-state index in [4.69, 9.17) is 18.9 Å². The van der Waals surface area contributed by atoms with E-state index in [1.807, 2.05) is 69.3 Å². The minimum Gasteiger partial charge on any atom is -0.490 e. The number of benzene rings is 2. The van der Waals surface area contributed by atoms with Crippen LogP contribution in [0.5, 0.6) is 17.2 Å². The van der Waals surface area contributed by atoms with Crippen molar-refractivity contribution in [3.63, 3.8) is 0 Å². The molecule has 2 aromatic rings. The van der Waals surface area contributed by atoms with Gasteiger partial charge in [0.1, 0.15) is 44.2 Å². The normalized spacial score (nSPS) is 11.2. The molecule has 0 heterocycles. The number of nitrogens with zero attached hydrogens (tertiary/aromatic N) is 1. The second-order valence-corrected chi connectivity index (χ2v) is 6.59. The standard InChI is InChI=1S/C24H31NO5/c1-5-6-12-28-23-16-19(2)24(20(3)17-23)30-15-14-29-22-9-7-21(8-10-22)18-27-13-11-25-26-4/h5-11,16-17H,12-15,18H2,1-4H3/b6-5+,25-11?. The van der Waals surface area contributed by atoms with Crippen molar-refractivity contribution in [1.82, 2.24) is 0 Å². The highest BCUT2D eigenvalue weighted by Gasteiger charge is 2.07. The molecule has 0 saturated carbocycles. The molecule has 6 nitrogen and oxygen atoms in total. The smallest absolute Gasteiger partial charge is 0.125 e. The maximum Gasteiger partial charge on any atom is 0.125 e. The molecule has 6 heteroatoms. The zero-order valence-corrected chi connectivity index (χ0v) is 18.2. The first-order valence-electron chi connectivity index (χ1n) is 9.96. The van der Waals surface area contributed by atoms with E-state index in [0.717, 1.165) is 33.9 Å². The van der Waals surface area contributed by atoms with Crippen LogP contribution in [0.2, 0.25) is 0 Å². The fraction of sp³-hybridized carbons (Fsp3) is 0.375. The van der Waals surface area contributed by atoms with E-state index in [1.165, 1.54) is 7.11 Å². The van der Waals surface area contributed by atoms with Crippen molar-refractivity contribution in [1.29, 1.82) is 0 Å². The zero-order chi connectivity index (χ0) is 21.6. The first kappa shape index (κ1) is 23.3. The van der Waals surface area contributed by atoms with Crippen molar-refractivity contribution < 1.29 is 23.8 Å². The SMILES string of the molecule is C/C=C/COc1cc(C)c(OCCOc2ccc(COCC=NOC)cc2)c(C)c1. The monoisotopic (exact) mass is 413 g/mol. The van der Waals surface area contributed by atoms with Gasteiger partial charge in [0.15, 0.2) is 0 Å². The highest BCUT2D eigenvalue weighted by atomic mass is 16.6. The maximum atomic E-state index is 5.94. The Balaban J connectivity index is 1.74. The van der Waals surface area contributed by atoms with Gasteiger partial charge in [-0.25, -0.2) is 0 Å². The number of rotatable bonds is 13. The Hall–Kier alpha value is -2.99. The highest BCUT2D eigenvalue weighted by Crippen LogP contribution is 2.28. The molecule has 0 aliphatic carbocycles. The fourth-order valence-corrected chi connectivity index (χ4v) is 2.78. The molecule has 30 heavy (non-hydrogen) atoms. The minimum absolute atomic E-state index is 0.408. The number of hydrogen-bond donors (Lipinski definition) is 0. The fourth-order valence-electron chi connectivity index (χ4n) is 2.78. The predicted molar refractivity (Wildman–Crippen MR) is 119 cm³/mol. The third kappa shape index (κ3) is 8.17. The van der Waals surface area contributed by atoms with Gasteiger partial charge in [-0.1, -0.05) is 29.4 Å². The molecule has 0 amide bonds. The van der Waals surface area contributed by atoms with Crippen LogP contribution < -0.4 is 14.2 Å². The van der Waals surface area contributed by atoms with E-state index in [-0.39, 0.29) is 0 Å². The average Bonchev–Trinajstić information content (AvgIpc) is 2.74. The predicted octanol–water partition coefficient (Wildman–Crippen LogP) is 4.86. The molecule has 0 radical (unpaired) electrons. The van der Waals surface area contributed by atoms with E-state index in [1.54, 1.807) is 6.21 Å². The van der Waals surface area contributed by atoms with Gasteiger partial charge in [0.25, 0.3) is 0 Å². The molecule has 0 unspecified atom stereocenters. The van der Waals surface area contributed by atoms with Gasteiger partial charge in [-0.15, -0.1) is 0 Å². The van der Waals surface area contributed by atoms with Crippen LogP contribution in [0.4, 0.5) is 0 Å². The van der Waals surface area contributed by atoms with Gasteiger partial charge in [-0.3, -0.25) is 0 Å². The van der Waals surface area contributed by atoms with Crippen molar-refractivity contribution in [2.75, 3.05) is 33.5 Å². The van der Waals surface area contributed by atoms with Crippen molar-refractivity contribution in [2.45, 2.75) is 27.4 Å². The molecular weight excluding hydrogens is 382 g/mol. The molecule has 2 rings (SSSR count). The first-order valence-corrected chi connectivity index (χ1v) is 9.96. The molecule has 0 fully saturated rings. The van der Waals surface area contributed by atoms with Crippen molar-refractivity contribution in [2.24, 2.45) is 5.16 Å². The number of aryl methyl sites for hydroxylation is 2. The van der Waals surface area contributed by atoms with E-state index in [2.05, 4.69) is 9.99 Å². The summed E-state index contributed by atoms with van der Waals surface area (Å²) >= 11 is 0. The van der Waals surface area contributed by atoms with Crippen molar-refractivity contribution in [3.05, 3.63) is 65.2 Å². The molecule has 2 aromatic carbocycles. The molecule has 0 spiro atoms. The molecule has 0 aromatic heterocycles. The van der Waals surface area contributed by atoms with Crippen LogP contribution in [0.15, 0.2) is 53.7 Å². The third-order valence-electron chi connectivity index (χ3n) is 4.18. The third-order valence-corrected chi connectivity index (χ3v) is 4.18. The number of ether oxygens (including phenoxy) is 4. The summed E-state index contributed by atoms with van der Waals surface area (Å²) in [5.74, 6) is 2.52. The highest BCUT2D eigenvalue weighted by molar-refractivity contribution is 5.57. The Labute approximate surface area is 179 Å². The van der Waals surface area contributed by atoms with Crippen LogP contribution in [0.1, 0.15) is 23.6 Å². The van der Waals surface area contributed by atoms with Gasteiger partial charge in [-0.05, 0) is 61.7 Å². The van der Waals surface area contributed by atoms with Crippen LogP contribution in [-0.2, 0) is 16.2 Å². The second-order valence-electron chi connectivity index (χ2n) is 6.59. The van der Waals surface area contributed by atoms with Crippen LogP contribution in [0.25, 0.3) is 0 Å². The van der Waals surface area contributed by atoms with Crippen LogP contribution >= 0.6 is 0 Å². The molecule has 0 atom stereocenters. The summed E-state index contributed by atoms with van der Waals surface area (Å²) < 4.78 is 22.9. The average molecular weight is 414 g/mol. The minimum atomic E-state index is 0.408. The largest absolute Gasteiger partial charge is 0.490 e. The lowest BCUT2D eigenvalue weighted by Crippen LogP contribution is -2.10. The Morgan fingerprint density at radius 2 is 1.57 bits per heavy atom. The van der Waals surface area contributed by atoms with E-state index < -0.39 is 0 Å². The van der Waals surface area contributed by atoms with Gasteiger partial charge >= 0.3 is 0 Å². The molecule has 0 N–H and O–H groups in total. The number of hydrogen-bond acceptors (Lipinski definition) is 6. The summed E-state index contributed by atoms with van der Waals surface area (Å²) in [5.41, 5.74) is 3.16. The van der Waals surface area contributed by atoms with Crippen LogP contribution in [-0.4, -0.2) is 39.8 Å². The Morgan fingerprint density at radius 1 is 0.867 bits per heavy atom. The lowest BCUT2D eigenvalue weighted by Gasteiger charge is -2.15. The molecule has 0 bridgehead atoms. The maximum absolute atomic E-state index is 5.94. The van der Waals surface area contributed by atoms with E-state index in [9.17, 15) is 0 Å². The molecular formula is C24H31NO5. The lowest BCUT2D eigenvalue weighted by molar-refractivity contribution is 0.154. The summed E-state index contributed by atoms with van der Waals surface area (Å²) in [7, 11) is 1.50. The van der Waals surface area contributed by atoms with Gasteiger partial charge < -0.3 is 23.8 Å². The van der Waals surface area contributed by atoms with Gasteiger partial charge in [0.2, 0.25) is 0 Å². The molecule has 162 valence electrons. The van der Waals surface area contributed by atoms with E-state index in [0.29, 0.717) is 33.0 Å². The Morgan fingerprint density at radius 3 is 2.23 bits per heavy atom.